The number of fused-ring (bicyclic) bond motifs is 2. The standard InChI is InChI=1S/C22H31N3O4/c1-13-8-15(20-14(19(13)23)2-5-29-20)21(26)24-9-16-17-10-25(11-18(16)17)12-22(27)3-6-28-7-4-22/h8,16-18,27H,2-7,9-12,23H2,1H3,(H,24,26). The van der Waals surface area contributed by atoms with Crippen molar-refractivity contribution in [2.24, 2.45) is 17.8 Å². The molecule has 2 saturated heterocycles. The monoisotopic (exact) mass is 401 g/mol. The molecule has 0 aromatic heterocycles. The van der Waals surface area contributed by atoms with E-state index in [4.69, 9.17) is 15.2 Å². The zero-order valence-electron chi connectivity index (χ0n) is 17.1. The molecule has 0 spiro atoms. The fraction of sp³-hybridized carbons (Fsp3) is 0.682. The third-order valence-corrected chi connectivity index (χ3v) is 7.36. The number of nitrogens with zero attached hydrogens (tertiary/aromatic N) is 1. The average molecular weight is 402 g/mol. The van der Waals surface area contributed by atoms with Crippen molar-refractivity contribution in [1.82, 2.24) is 10.2 Å². The number of hydrogen-bond acceptors (Lipinski definition) is 6. The Bertz CT molecular complexity index is 809. The molecule has 2 atom stereocenters. The molecule has 1 aromatic carbocycles. The van der Waals surface area contributed by atoms with Crippen LogP contribution >= 0.6 is 0 Å². The van der Waals surface area contributed by atoms with Gasteiger partial charge in [0, 0.05) is 69.9 Å². The lowest BCUT2D eigenvalue weighted by Gasteiger charge is -2.36. The fourth-order valence-corrected chi connectivity index (χ4v) is 5.52. The zero-order valence-corrected chi connectivity index (χ0v) is 17.1. The van der Waals surface area contributed by atoms with Gasteiger partial charge in [0.1, 0.15) is 5.75 Å². The number of hydrogen-bond donors (Lipinski definition) is 3. The van der Waals surface area contributed by atoms with Crippen LogP contribution in [0.1, 0.15) is 34.3 Å². The molecular weight excluding hydrogens is 370 g/mol. The first-order valence-corrected chi connectivity index (χ1v) is 10.8. The summed E-state index contributed by atoms with van der Waals surface area (Å²) in [6, 6.07) is 1.85. The van der Waals surface area contributed by atoms with E-state index in [-0.39, 0.29) is 5.91 Å². The van der Waals surface area contributed by atoms with Gasteiger partial charge in [-0.15, -0.1) is 0 Å². The summed E-state index contributed by atoms with van der Waals surface area (Å²) < 4.78 is 11.1. The second kappa shape index (κ2) is 7.15. The van der Waals surface area contributed by atoms with Crippen LogP contribution in [0.25, 0.3) is 0 Å². The molecule has 3 aliphatic heterocycles. The van der Waals surface area contributed by atoms with Gasteiger partial charge in [0.15, 0.2) is 0 Å². The number of nitrogen functional groups attached to an aromatic ring is 1. The van der Waals surface area contributed by atoms with E-state index in [1.807, 2.05) is 13.0 Å². The lowest BCUT2D eigenvalue weighted by molar-refractivity contribution is -0.0787. The molecule has 7 nitrogen and oxygen atoms in total. The maximum atomic E-state index is 12.8. The van der Waals surface area contributed by atoms with Crippen molar-refractivity contribution in [1.29, 1.82) is 0 Å². The van der Waals surface area contributed by atoms with Gasteiger partial charge in [0.25, 0.3) is 5.91 Å². The zero-order chi connectivity index (χ0) is 20.2. The van der Waals surface area contributed by atoms with Gasteiger partial charge < -0.3 is 25.6 Å². The molecule has 0 radical (unpaired) electrons. The maximum Gasteiger partial charge on any atom is 0.255 e. The molecule has 4 aliphatic rings. The van der Waals surface area contributed by atoms with Crippen LogP contribution in [-0.2, 0) is 11.2 Å². The Kier molecular flexibility index (Phi) is 4.72. The molecule has 1 amide bonds. The second-order valence-electron chi connectivity index (χ2n) is 9.29. The van der Waals surface area contributed by atoms with Crippen molar-refractivity contribution < 1.29 is 19.4 Å². The topological polar surface area (TPSA) is 97.1 Å². The minimum Gasteiger partial charge on any atom is -0.492 e. The molecule has 4 N–H and O–H groups in total. The first-order chi connectivity index (χ1) is 14.0. The Hall–Kier alpha value is -1.83. The predicted molar refractivity (Wildman–Crippen MR) is 109 cm³/mol. The van der Waals surface area contributed by atoms with Crippen LogP contribution in [0.15, 0.2) is 6.07 Å². The third-order valence-electron chi connectivity index (χ3n) is 7.36. The van der Waals surface area contributed by atoms with Gasteiger partial charge >= 0.3 is 0 Å². The van der Waals surface area contributed by atoms with Crippen molar-refractivity contribution in [2.75, 3.05) is 51.7 Å². The summed E-state index contributed by atoms with van der Waals surface area (Å²) >= 11 is 0. The Morgan fingerprint density at radius 1 is 1.31 bits per heavy atom. The highest BCUT2D eigenvalue weighted by atomic mass is 16.5. The number of likely N-dealkylation sites (tertiary alicyclic amines) is 1. The average Bonchev–Trinajstić information content (AvgIpc) is 3.06. The highest BCUT2D eigenvalue weighted by Gasteiger charge is 2.56. The number of β-amino-alcohol motifs (C(OH)–C–C–N with tert-alkyl or cyclic N) is 1. The van der Waals surface area contributed by atoms with E-state index in [1.165, 1.54) is 0 Å². The van der Waals surface area contributed by atoms with E-state index in [9.17, 15) is 9.90 Å². The van der Waals surface area contributed by atoms with E-state index in [1.54, 1.807) is 0 Å². The lowest BCUT2D eigenvalue weighted by atomic mass is 9.93. The van der Waals surface area contributed by atoms with E-state index in [2.05, 4.69) is 10.2 Å². The number of nitrogens with one attached hydrogen (secondary N) is 1. The number of anilines is 1. The highest BCUT2D eigenvalue weighted by molar-refractivity contribution is 5.98. The summed E-state index contributed by atoms with van der Waals surface area (Å²) in [6.45, 7) is 7.34. The van der Waals surface area contributed by atoms with Crippen LogP contribution in [0, 0.1) is 24.7 Å². The van der Waals surface area contributed by atoms with Gasteiger partial charge in [0.2, 0.25) is 0 Å². The Morgan fingerprint density at radius 3 is 2.76 bits per heavy atom. The predicted octanol–water partition coefficient (Wildman–Crippen LogP) is 0.961. The number of rotatable bonds is 5. The number of ether oxygens (including phenoxy) is 2. The number of amides is 1. The molecular formula is C22H31N3O4. The summed E-state index contributed by atoms with van der Waals surface area (Å²) in [5.74, 6) is 2.41. The first kappa shape index (κ1) is 19.2. The van der Waals surface area contributed by atoms with E-state index in [0.717, 1.165) is 55.7 Å². The van der Waals surface area contributed by atoms with E-state index in [0.29, 0.717) is 55.4 Å². The molecule has 29 heavy (non-hydrogen) atoms. The number of benzene rings is 1. The van der Waals surface area contributed by atoms with Crippen LogP contribution in [0.2, 0.25) is 0 Å². The second-order valence-corrected chi connectivity index (χ2v) is 9.29. The normalized spacial score (nSPS) is 29.8. The number of aliphatic hydroxyl groups is 1. The molecule has 1 aliphatic carbocycles. The van der Waals surface area contributed by atoms with Crippen molar-refractivity contribution in [3.63, 3.8) is 0 Å². The van der Waals surface area contributed by atoms with Crippen LogP contribution in [0.5, 0.6) is 5.75 Å². The SMILES string of the molecule is Cc1cc(C(=O)NCC2C3CN(CC4(O)CCOCC4)CC23)c2c(c1N)CCO2. The molecule has 1 aromatic rings. The largest absolute Gasteiger partial charge is 0.492 e. The third kappa shape index (κ3) is 3.49. The van der Waals surface area contributed by atoms with Crippen LogP contribution in [-0.4, -0.2) is 67.5 Å². The number of aryl methyl sites for hydroxylation is 1. The van der Waals surface area contributed by atoms with Gasteiger partial charge in [-0.2, -0.15) is 0 Å². The molecule has 5 rings (SSSR count). The minimum absolute atomic E-state index is 0.0652. The van der Waals surface area contributed by atoms with Crippen molar-refractivity contribution in [3.8, 4) is 5.75 Å². The van der Waals surface area contributed by atoms with Crippen LogP contribution < -0.4 is 15.8 Å². The fourth-order valence-electron chi connectivity index (χ4n) is 5.52. The molecule has 2 unspecified atom stereocenters. The molecule has 158 valence electrons. The maximum absolute atomic E-state index is 12.8. The number of carbonyl (C=O) groups excluding carboxylic acids is 1. The molecule has 0 bridgehead atoms. The highest BCUT2D eigenvalue weighted by Crippen LogP contribution is 2.51. The first-order valence-electron chi connectivity index (χ1n) is 10.8. The Morgan fingerprint density at radius 2 is 2.03 bits per heavy atom. The summed E-state index contributed by atoms with van der Waals surface area (Å²) in [7, 11) is 0. The molecule has 1 saturated carbocycles. The van der Waals surface area contributed by atoms with Gasteiger partial charge in [-0.3, -0.25) is 9.69 Å². The van der Waals surface area contributed by atoms with Crippen molar-refractivity contribution in [2.45, 2.75) is 31.8 Å². The summed E-state index contributed by atoms with van der Waals surface area (Å²) in [5, 5.41) is 13.8. The number of piperidine rings is 1. The van der Waals surface area contributed by atoms with Crippen LogP contribution in [0.4, 0.5) is 5.69 Å². The minimum atomic E-state index is -0.591. The van der Waals surface area contributed by atoms with Gasteiger partial charge in [-0.25, -0.2) is 0 Å². The summed E-state index contributed by atoms with van der Waals surface area (Å²) in [4.78, 5) is 15.2. The number of carbonyl (C=O) groups is 1. The summed E-state index contributed by atoms with van der Waals surface area (Å²) in [5.41, 5.74) is 8.82. The Labute approximate surface area is 171 Å². The lowest BCUT2D eigenvalue weighted by Crippen LogP contribution is -2.47. The van der Waals surface area contributed by atoms with Crippen LogP contribution in [0.3, 0.4) is 0 Å². The van der Waals surface area contributed by atoms with E-state index < -0.39 is 5.60 Å². The van der Waals surface area contributed by atoms with Crippen molar-refractivity contribution in [3.05, 3.63) is 22.8 Å². The summed E-state index contributed by atoms with van der Waals surface area (Å²) in [6.07, 6.45) is 2.22. The van der Waals surface area contributed by atoms with Gasteiger partial charge in [-0.05, 0) is 36.3 Å². The number of nitrogens with two attached hydrogens (primary N) is 1. The van der Waals surface area contributed by atoms with Gasteiger partial charge in [0.05, 0.1) is 17.8 Å². The van der Waals surface area contributed by atoms with Crippen molar-refractivity contribution >= 4 is 11.6 Å². The molecule has 7 heteroatoms. The Balaban J connectivity index is 1.14. The molecule has 3 heterocycles. The quantitative estimate of drug-likeness (QED) is 0.636. The molecule has 3 fully saturated rings. The smallest absolute Gasteiger partial charge is 0.255 e. The van der Waals surface area contributed by atoms with E-state index >= 15 is 0 Å². The van der Waals surface area contributed by atoms with Gasteiger partial charge in [-0.1, -0.05) is 0 Å².